The van der Waals surface area contributed by atoms with E-state index < -0.39 is 0 Å². The van der Waals surface area contributed by atoms with Gasteiger partial charge in [0.1, 0.15) is 0 Å². The van der Waals surface area contributed by atoms with E-state index in [0.29, 0.717) is 29.7 Å². The van der Waals surface area contributed by atoms with Crippen LogP contribution in [0, 0.1) is 11.3 Å². The summed E-state index contributed by atoms with van der Waals surface area (Å²) in [6, 6.07) is 8.69. The number of benzene rings is 1. The van der Waals surface area contributed by atoms with Crippen LogP contribution in [0.1, 0.15) is 82.3 Å². The minimum Gasteiger partial charge on any atom is -0.462 e. The molecule has 1 aromatic carbocycles. The average Bonchev–Trinajstić information content (AvgIpc) is 2.55. The first kappa shape index (κ1) is 19.0. The summed E-state index contributed by atoms with van der Waals surface area (Å²) in [5, 5.41) is 3.76. The van der Waals surface area contributed by atoms with Crippen molar-refractivity contribution in [3.05, 3.63) is 35.4 Å². The lowest BCUT2D eigenvalue weighted by atomic mass is 9.71. The summed E-state index contributed by atoms with van der Waals surface area (Å²) in [6.45, 7) is 11.5. The first-order valence-electron chi connectivity index (χ1n) is 9.34. The topological polar surface area (TPSA) is 38.3 Å². The molecule has 0 amide bonds. The molecule has 0 radical (unpaired) electrons. The number of rotatable bonds is 5. The summed E-state index contributed by atoms with van der Waals surface area (Å²) in [6.07, 6.45) is 5.14. The highest BCUT2D eigenvalue weighted by molar-refractivity contribution is 5.89. The molecular weight excluding hydrogens is 298 g/mol. The van der Waals surface area contributed by atoms with Crippen molar-refractivity contribution >= 4 is 5.97 Å². The highest BCUT2D eigenvalue weighted by Gasteiger charge is 2.30. The van der Waals surface area contributed by atoms with Crippen LogP contribution in [0.25, 0.3) is 0 Å². The van der Waals surface area contributed by atoms with Crippen LogP contribution < -0.4 is 5.32 Å². The number of carbonyl (C=O) groups is 1. The molecular formula is C21H33NO2. The molecule has 0 saturated heterocycles. The molecule has 3 nitrogen and oxygen atoms in total. The Morgan fingerprint density at radius 2 is 1.75 bits per heavy atom. The number of carbonyl (C=O) groups excluding carboxylic acids is 1. The van der Waals surface area contributed by atoms with Crippen LogP contribution in [-0.2, 0) is 4.74 Å². The second-order valence-corrected chi connectivity index (χ2v) is 8.15. The second-order valence-electron chi connectivity index (χ2n) is 8.15. The molecule has 0 heterocycles. The van der Waals surface area contributed by atoms with Crippen LogP contribution >= 0.6 is 0 Å². The minimum atomic E-state index is -0.245. The normalized spacial score (nSPS) is 22.9. The van der Waals surface area contributed by atoms with E-state index in [-0.39, 0.29) is 5.97 Å². The van der Waals surface area contributed by atoms with Crippen LogP contribution in [0.3, 0.4) is 0 Å². The van der Waals surface area contributed by atoms with E-state index in [1.54, 1.807) is 0 Å². The largest absolute Gasteiger partial charge is 0.462 e. The van der Waals surface area contributed by atoms with Gasteiger partial charge in [-0.3, -0.25) is 0 Å². The third-order valence-corrected chi connectivity index (χ3v) is 5.36. The van der Waals surface area contributed by atoms with Crippen LogP contribution in [0.2, 0.25) is 0 Å². The fourth-order valence-corrected chi connectivity index (χ4v) is 3.70. The van der Waals surface area contributed by atoms with E-state index >= 15 is 0 Å². The molecule has 2 rings (SSSR count). The molecule has 0 spiro atoms. The molecule has 1 aliphatic carbocycles. The Bertz CT molecular complexity index is 522. The Balaban J connectivity index is 1.87. The smallest absolute Gasteiger partial charge is 0.338 e. The van der Waals surface area contributed by atoms with Gasteiger partial charge in [0.05, 0.1) is 12.2 Å². The second kappa shape index (κ2) is 8.15. The summed E-state index contributed by atoms with van der Waals surface area (Å²) in [7, 11) is 0. The Morgan fingerprint density at radius 3 is 2.25 bits per heavy atom. The Kier molecular flexibility index (Phi) is 6.45. The van der Waals surface area contributed by atoms with Gasteiger partial charge < -0.3 is 10.1 Å². The van der Waals surface area contributed by atoms with Crippen molar-refractivity contribution in [2.24, 2.45) is 11.3 Å². The first-order chi connectivity index (χ1) is 11.3. The van der Waals surface area contributed by atoms with Crippen molar-refractivity contribution in [1.29, 1.82) is 0 Å². The van der Waals surface area contributed by atoms with Crippen molar-refractivity contribution in [1.82, 2.24) is 5.32 Å². The van der Waals surface area contributed by atoms with Gasteiger partial charge in [0.15, 0.2) is 0 Å². The molecule has 0 bridgehead atoms. The molecule has 1 aromatic rings. The first-order valence-corrected chi connectivity index (χ1v) is 9.34. The fraction of sp³-hybridized carbons (Fsp3) is 0.667. The van der Waals surface area contributed by atoms with Gasteiger partial charge in [0.2, 0.25) is 0 Å². The summed E-state index contributed by atoms with van der Waals surface area (Å²) in [4.78, 5) is 11.7. The number of hydrogen-bond acceptors (Lipinski definition) is 3. The lowest BCUT2D eigenvalue weighted by Gasteiger charge is -2.38. The van der Waals surface area contributed by atoms with E-state index in [1.807, 2.05) is 31.2 Å². The van der Waals surface area contributed by atoms with Crippen LogP contribution in [0.4, 0.5) is 0 Å². The lowest BCUT2D eigenvalue weighted by molar-refractivity contribution is 0.0526. The van der Waals surface area contributed by atoms with Crippen LogP contribution in [0.5, 0.6) is 0 Å². The van der Waals surface area contributed by atoms with Gasteiger partial charge in [-0.2, -0.15) is 0 Å². The van der Waals surface area contributed by atoms with Crippen molar-refractivity contribution in [2.45, 2.75) is 72.4 Å². The third-order valence-electron chi connectivity index (χ3n) is 5.36. The molecule has 1 aliphatic rings. The van der Waals surface area contributed by atoms with Crippen molar-refractivity contribution in [2.75, 3.05) is 6.61 Å². The van der Waals surface area contributed by atoms with Gasteiger partial charge in [-0.25, -0.2) is 4.79 Å². The van der Waals surface area contributed by atoms with E-state index in [2.05, 4.69) is 33.0 Å². The quantitative estimate of drug-likeness (QED) is 0.761. The number of hydrogen-bond donors (Lipinski definition) is 1. The fourth-order valence-electron chi connectivity index (χ4n) is 3.70. The summed E-state index contributed by atoms with van der Waals surface area (Å²) < 4.78 is 5.03. The van der Waals surface area contributed by atoms with E-state index in [4.69, 9.17) is 4.74 Å². The molecule has 134 valence electrons. The molecule has 3 heteroatoms. The van der Waals surface area contributed by atoms with E-state index in [9.17, 15) is 4.79 Å². The maximum atomic E-state index is 11.7. The Labute approximate surface area is 147 Å². The molecule has 24 heavy (non-hydrogen) atoms. The summed E-state index contributed by atoms with van der Waals surface area (Å²) in [5.74, 6) is 0.597. The van der Waals surface area contributed by atoms with Gasteiger partial charge in [0.25, 0.3) is 0 Å². The van der Waals surface area contributed by atoms with Gasteiger partial charge in [0, 0.05) is 12.1 Å². The van der Waals surface area contributed by atoms with Crippen LogP contribution in [-0.4, -0.2) is 18.6 Å². The zero-order valence-corrected chi connectivity index (χ0v) is 15.9. The van der Waals surface area contributed by atoms with Crippen molar-refractivity contribution in [3.8, 4) is 0 Å². The molecule has 1 atom stereocenters. The maximum Gasteiger partial charge on any atom is 0.338 e. The monoisotopic (exact) mass is 331 g/mol. The highest BCUT2D eigenvalue weighted by atomic mass is 16.5. The van der Waals surface area contributed by atoms with Crippen LogP contribution in [0.15, 0.2) is 24.3 Å². The molecule has 1 saturated carbocycles. The van der Waals surface area contributed by atoms with E-state index in [0.717, 1.165) is 5.92 Å². The predicted octanol–water partition coefficient (Wildman–Crippen LogP) is 5.12. The lowest BCUT2D eigenvalue weighted by Crippen LogP contribution is -2.37. The minimum absolute atomic E-state index is 0.245. The summed E-state index contributed by atoms with van der Waals surface area (Å²) >= 11 is 0. The third kappa shape index (κ3) is 5.07. The molecule has 1 N–H and O–H groups in total. The predicted molar refractivity (Wildman–Crippen MR) is 99.2 cm³/mol. The molecule has 0 aromatic heterocycles. The van der Waals surface area contributed by atoms with Gasteiger partial charge in [-0.15, -0.1) is 0 Å². The molecule has 0 aliphatic heterocycles. The van der Waals surface area contributed by atoms with Gasteiger partial charge in [-0.1, -0.05) is 32.9 Å². The van der Waals surface area contributed by atoms with Crippen molar-refractivity contribution < 1.29 is 9.53 Å². The average molecular weight is 332 g/mol. The number of nitrogens with one attached hydrogen (secondary N) is 1. The summed E-state index contributed by atoms with van der Waals surface area (Å²) in [5.41, 5.74) is 2.28. The number of esters is 1. The Hall–Kier alpha value is -1.35. The SMILES string of the molecule is CCOC(=O)c1ccc(C(C)N[C@H]2CC[C@H](C(C)(C)C)CC2)cc1. The zero-order valence-electron chi connectivity index (χ0n) is 15.9. The highest BCUT2D eigenvalue weighted by Crippen LogP contribution is 2.38. The Morgan fingerprint density at radius 1 is 1.17 bits per heavy atom. The zero-order chi connectivity index (χ0) is 17.7. The van der Waals surface area contributed by atoms with Crippen molar-refractivity contribution in [3.63, 3.8) is 0 Å². The van der Waals surface area contributed by atoms with Gasteiger partial charge in [-0.05, 0) is 68.6 Å². The van der Waals surface area contributed by atoms with E-state index in [1.165, 1.54) is 31.2 Å². The van der Waals surface area contributed by atoms with Gasteiger partial charge >= 0.3 is 5.97 Å². The standard InChI is InChI=1S/C21H33NO2/c1-6-24-20(23)17-9-7-16(8-10-17)15(2)22-19-13-11-18(12-14-19)21(3,4)5/h7-10,15,18-19,22H,6,11-14H2,1-5H3/t15?,18-,19-. The maximum absolute atomic E-state index is 11.7. The number of ether oxygens (including phenoxy) is 1. The molecule has 1 fully saturated rings. The molecule has 1 unspecified atom stereocenters.